The van der Waals surface area contributed by atoms with Crippen LogP contribution in [0.3, 0.4) is 0 Å². The molecule has 19 heavy (non-hydrogen) atoms. The summed E-state index contributed by atoms with van der Waals surface area (Å²) in [5, 5.41) is 0. The van der Waals surface area contributed by atoms with Crippen LogP contribution < -0.4 is 0 Å². The molecule has 0 radical (unpaired) electrons. The largest absolute Gasteiger partial charge is 0.465 e. The van der Waals surface area contributed by atoms with Crippen LogP contribution in [0.5, 0.6) is 0 Å². The van der Waals surface area contributed by atoms with E-state index >= 15 is 0 Å². The van der Waals surface area contributed by atoms with Gasteiger partial charge in [-0.1, -0.05) is 27.2 Å². The lowest BCUT2D eigenvalue weighted by Crippen LogP contribution is -2.41. The van der Waals surface area contributed by atoms with Gasteiger partial charge in [0.1, 0.15) is 0 Å². The maximum atomic E-state index is 11.9. The third-order valence-electron chi connectivity index (χ3n) is 3.51. The van der Waals surface area contributed by atoms with Gasteiger partial charge >= 0.3 is 5.97 Å². The monoisotopic (exact) mass is 269 g/mol. The molecule has 0 aromatic rings. The third kappa shape index (κ3) is 5.62. The summed E-state index contributed by atoms with van der Waals surface area (Å²) in [5.74, 6) is 0.515. The zero-order valence-electron chi connectivity index (χ0n) is 12.5. The van der Waals surface area contributed by atoms with Crippen LogP contribution in [0.1, 0.15) is 52.9 Å². The topological polar surface area (TPSA) is 46.6 Å². The van der Waals surface area contributed by atoms with Gasteiger partial charge in [0, 0.05) is 19.5 Å². The Kier molecular flexibility index (Phi) is 6.89. The standard InChI is InChI=1S/C15H27NO3/c1-4-5-10-19-15(18)13-6-8-16(9-7-13)14(17)11-12(2)3/h12-13H,4-11H2,1-3H3. The van der Waals surface area contributed by atoms with Crippen molar-refractivity contribution in [3.63, 3.8) is 0 Å². The van der Waals surface area contributed by atoms with E-state index in [1.165, 1.54) is 0 Å². The first-order valence-corrected chi connectivity index (χ1v) is 7.49. The van der Waals surface area contributed by atoms with Crippen LogP contribution in [0.15, 0.2) is 0 Å². The number of unbranched alkanes of at least 4 members (excludes halogenated alkanes) is 1. The van der Waals surface area contributed by atoms with Crippen LogP contribution in [-0.4, -0.2) is 36.5 Å². The van der Waals surface area contributed by atoms with E-state index in [-0.39, 0.29) is 17.8 Å². The Hall–Kier alpha value is -1.06. The Morgan fingerprint density at radius 1 is 1.26 bits per heavy atom. The number of ether oxygens (including phenoxy) is 1. The van der Waals surface area contributed by atoms with E-state index in [2.05, 4.69) is 20.8 Å². The summed E-state index contributed by atoms with van der Waals surface area (Å²) in [6, 6.07) is 0. The maximum absolute atomic E-state index is 11.9. The summed E-state index contributed by atoms with van der Waals surface area (Å²) >= 11 is 0. The maximum Gasteiger partial charge on any atom is 0.309 e. The molecular weight excluding hydrogens is 242 g/mol. The summed E-state index contributed by atoms with van der Waals surface area (Å²) in [4.78, 5) is 25.6. The van der Waals surface area contributed by atoms with Crippen LogP contribution in [0.4, 0.5) is 0 Å². The van der Waals surface area contributed by atoms with Gasteiger partial charge in [0.15, 0.2) is 0 Å². The molecule has 0 aromatic carbocycles. The van der Waals surface area contributed by atoms with Crippen molar-refractivity contribution in [2.45, 2.75) is 52.9 Å². The highest BCUT2D eigenvalue weighted by molar-refractivity contribution is 5.77. The first-order valence-electron chi connectivity index (χ1n) is 7.49. The molecule has 1 saturated heterocycles. The van der Waals surface area contributed by atoms with E-state index in [0.717, 1.165) is 25.7 Å². The SMILES string of the molecule is CCCCOC(=O)C1CCN(C(=O)CC(C)C)CC1. The highest BCUT2D eigenvalue weighted by Gasteiger charge is 2.28. The fourth-order valence-electron chi connectivity index (χ4n) is 2.28. The molecule has 4 nitrogen and oxygen atoms in total. The highest BCUT2D eigenvalue weighted by atomic mass is 16.5. The number of carbonyl (C=O) groups excluding carboxylic acids is 2. The fraction of sp³-hybridized carbons (Fsp3) is 0.867. The smallest absolute Gasteiger partial charge is 0.309 e. The summed E-state index contributed by atoms with van der Waals surface area (Å²) < 4.78 is 5.24. The van der Waals surface area contributed by atoms with E-state index in [9.17, 15) is 9.59 Å². The van der Waals surface area contributed by atoms with Crippen LogP contribution in [0.25, 0.3) is 0 Å². The van der Waals surface area contributed by atoms with Crippen molar-refractivity contribution in [2.75, 3.05) is 19.7 Å². The van der Waals surface area contributed by atoms with Gasteiger partial charge in [-0.05, 0) is 25.2 Å². The van der Waals surface area contributed by atoms with E-state index in [1.54, 1.807) is 0 Å². The summed E-state index contributed by atoms with van der Waals surface area (Å²) in [6.07, 6.45) is 4.06. The molecule has 1 amide bonds. The van der Waals surface area contributed by atoms with Gasteiger partial charge in [-0.2, -0.15) is 0 Å². The summed E-state index contributed by atoms with van der Waals surface area (Å²) in [6.45, 7) is 8.10. The lowest BCUT2D eigenvalue weighted by Gasteiger charge is -2.31. The van der Waals surface area contributed by atoms with Crippen LogP contribution in [-0.2, 0) is 14.3 Å². The average molecular weight is 269 g/mol. The van der Waals surface area contributed by atoms with E-state index < -0.39 is 0 Å². The Bertz CT molecular complexity index is 294. The second-order valence-electron chi connectivity index (χ2n) is 5.77. The number of esters is 1. The number of nitrogens with zero attached hydrogens (tertiary/aromatic N) is 1. The number of hydrogen-bond acceptors (Lipinski definition) is 3. The van der Waals surface area contributed by atoms with E-state index in [0.29, 0.717) is 32.0 Å². The second-order valence-corrected chi connectivity index (χ2v) is 5.77. The third-order valence-corrected chi connectivity index (χ3v) is 3.51. The Morgan fingerprint density at radius 2 is 1.89 bits per heavy atom. The van der Waals surface area contributed by atoms with Crippen molar-refractivity contribution in [2.24, 2.45) is 11.8 Å². The van der Waals surface area contributed by atoms with Gasteiger partial charge in [-0.15, -0.1) is 0 Å². The normalized spacial score (nSPS) is 16.7. The first-order chi connectivity index (χ1) is 9.04. The molecule has 0 aliphatic carbocycles. The van der Waals surface area contributed by atoms with Gasteiger partial charge in [0.25, 0.3) is 0 Å². The van der Waals surface area contributed by atoms with Crippen molar-refractivity contribution in [1.82, 2.24) is 4.90 Å². The molecule has 110 valence electrons. The Balaban J connectivity index is 2.28. The number of carbonyl (C=O) groups is 2. The van der Waals surface area contributed by atoms with Crippen LogP contribution in [0, 0.1) is 11.8 Å². The number of hydrogen-bond donors (Lipinski definition) is 0. The van der Waals surface area contributed by atoms with Crippen molar-refractivity contribution in [3.8, 4) is 0 Å². The minimum absolute atomic E-state index is 0.0139. The van der Waals surface area contributed by atoms with Crippen molar-refractivity contribution in [1.29, 1.82) is 0 Å². The Morgan fingerprint density at radius 3 is 2.42 bits per heavy atom. The average Bonchev–Trinajstić information content (AvgIpc) is 2.38. The predicted molar refractivity (Wildman–Crippen MR) is 74.6 cm³/mol. The number of rotatable bonds is 6. The second kappa shape index (κ2) is 8.18. The molecule has 0 unspecified atom stereocenters. The molecule has 0 spiro atoms. The molecule has 4 heteroatoms. The van der Waals surface area contributed by atoms with Gasteiger partial charge in [-0.3, -0.25) is 9.59 Å². The minimum atomic E-state index is -0.0793. The highest BCUT2D eigenvalue weighted by Crippen LogP contribution is 2.20. The van der Waals surface area contributed by atoms with Gasteiger partial charge < -0.3 is 9.64 Å². The Labute approximate surface area is 116 Å². The van der Waals surface area contributed by atoms with Crippen molar-refractivity contribution < 1.29 is 14.3 Å². The van der Waals surface area contributed by atoms with Crippen LogP contribution >= 0.6 is 0 Å². The molecule has 1 aliphatic rings. The molecule has 1 heterocycles. The number of piperidine rings is 1. The fourth-order valence-corrected chi connectivity index (χ4v) is 2.28. The molecule has 1 aliphatic heterocycles. The number of likely N-dealkylation sites (tertiary alicyclic amines) is 1. The molecular formula is C15H27NO3. The van der Waals surface area contributed by atoms with Gasteiger partial charge in [-0.25, -0.2) is 0 Å². The van der Waals surface area contributed by atoms with Gasteiger partial charge in [0.05, 0.1) is 12.5 Å². The van der Waals surface area contributed by atoms with Crippen molar-refractivity contribution >= 4 is 11.9 Å². The zero-order chi connectivity index (χ0) is 14.3. The number of amides is 1. The molecule has 1 fully saturated rings. The van der Waals surface area contributed by atoms with E-state index in [4.69, 9.17) is 4.74 Å². The van der Waals surface area contributed by atoms with E-state index in [1.807, 2.05) is 4.90 Å². The van der Waals surface area contributed by atoms with Gasteiger partial charge in [0.2, 0.25) is 5.91 Å². The zero-order valence-corrected chi connectivity index (χ0v) is 12.5. The lowest BCUT2D eigenvalue weighted by molar-refractivity contribution is -0.152. The molecule has 0 saturated carbocycles. The molecule has 0 bridgehead atoms. The minimum Gasteiger partial charge on any atom is -0.465 e. The molecule has 1 rings (SSSR count). The quantitative estimate of drug-likeness (QED) is 0.550. The summed E-state index contributed by atoms with van der Waals surface area (Å²) in [7, 11) is 0. The lowest BCUT2D eigenvalue weighted by atomic mass is 9.96. The molecule has 0 aromatic heterocycles. The summed E-state index contributed by atoms with van der Waals surface area (Å²) in [5.41, 5.74) is 0. The predicted octanol–water partition coefficient (Wildman–Crippen LogP) is 2.61. The molecule has 0 atom stereocenters. The molecule has 0 N–H and O–H groups in total. The van der Waals surface area contributed by atoms with Crippen molar-refractivity contribution in [3.05, 3.63) is 0 Å². The van der Waals surface area contributed by atoms with Crippen LogP contribution in [0.2, 0.25) is 0 Å². The first kappa shape index (κ1) is 16.0.